The van der Waals surface area contributed by atoms with Gasteiger partial charge in [0.05, 0.1) is 13.2 Å². The van der Waals surface area contributed by atoms with Crippen LogP contribution in [0.2, 0.25) is 0 Å². The van der Waals surface area contributed by atoms with Crippen LogP contribution in [-0.2, 0) is 4.79 Å². The number of carbonyl (C=O) groups is 1. The molecule has 1 amide bonds. The van der Waals surface area contributed by atoms with Crippen molar-refractivity contribution in [2.45, 2.75) is 19.4 Å². The lowest BCUT2D eigenvalue weighted by atomic mass is 10.1. The highest BCUT2D eigenvalue weighted by Gasteiger charge is 2.08. The van der Waals surface area contributed by atoms with E-state index in [0.717, 1.165) is 11.3 Å². The topological polar surface area (TPSA) is 38.3 Å². The molecule has 0 aliphatic carbocycles. The summed E-state index contributed by atoms with van der Waals surface area (Å²) >= 11 is 5.49. The van der Waals surface area contributed by atoms with Crippen LogP contribution >= 0.6 is 11.6 Å². The van der Waals surface area contributed by atoms with Gasteiger partial charge in [-0.05, 0) is 24.6 Å². The fourth-order valence-corrected chi connectivity index (χ4v) is 1.55. The zero-order valence-electron chi connectivity index (χ0n) is 9.50. The van der Waals surface area contributed by atoms with Gasteiger partial charge in [0, 0.05) is 12.3 Å². The second-order valence-electron chi connectivity index (χ2n) is 3.50. The van der Waals surface area contributed by atoms with Crippen LogP contribution in [0.1, 0.15) is 24.9 Å². The van der Waals surface area contributed by atoms with E-state index in [1.165, 1.54) is 0 Å². The molecule has 1 N–H and O–H groups in total. The van der Waals surface area contributed by atoms with E-state index < -0.39 is 0 Å². The minimum atomic E-state index is -0.0293. The molecule has 88 valence electrons. The first kappa shape index (κ1) is 12.8. The van der Waals surface area contributed by atoms with Crippen molar-refractivity contribution < 1.29 is 9.53 Å². The van der Waals surface area contributed by atoms with Crippen LogP contribution in [0.3, 0.4) is 0 Å². The van der Waals surface area contributed by atoms with Gasteiger partial charge in [0.15, 0.2) is 0 Å². The van der Waals surface area contributed by atoms with E-state index in [9.17, 15) is 4.79 Å². The molecule has 3 nitrogen and oxygen atoms in total. The number of hydrogen-bond acceptors (Lipinski definition) is 2. The molecule has 0 spiro atoms. The number of carbonyl (C=O) groups excluding carboxylic acids is 1. The van der Waals surface area contributed by atoms with Crippen molar-refractivity contribution in [3.63, 3.8) is 0 Å². The number of rotatable bonds is 5. The molecule has 0 radical (unpaired) electrons. The molecule has 1 atom stereocenters. The maximum atomic E-state index is 11.3. The van der Waals surface area contributed by atoms with E-state index in [-0.39, 0.29) is 11.9 Å². The highest BCUT2D eigenvalue weighted by Crippen LogP contribution is 2.17. The monoisotopic (exact) mass is 241 g/mol. The Morgan fingerprint density at radius 2 is 2.06 bits per heavy atom. The first-order valence-corrected chi connectivity index (χ1v) is 5.70. The summed E-state index contributed by atoms with van der Waals surface area (Å²) in [5, 5.41) is 2.87. The molecule has 0 bridgehead atoms. The Balaban J connectivity index is 2.58. The summed E-state index contributed by atoms with van der Waals surface area (Å²) in [7, 11) is 1.63. The number of halogens is 1. The number of amides is 1. The molecule has 1 unspecified atom stereocenters. The molecule has 0 heterocycles. The SMILES string of the molecule is COc1ccc(C(C)NC(=O)CCCl)cc1. The lowest BCUT2D eigenvalue weighted by Crippen LogP contribution is -2.26. The Labute approximate surface area is 101 Å². The van der Waals surface area contributed by atoms with Crippen LogP contribution in [0, 0.1) is 0 Å². The summed E-state index contributed by atoms with van der Waals surface area (Å²) in [5.41, 5.74) is 1.05. The van der Waals surface area contributed by atoms with E-state index in [1.54, 1.807) is 7.11 Å². The number of hydrogen-bond donors (Lipinski definition) is 1. The highest BCUT2D eigenvalue weighted by molar-refractivity contribution is 6.18. The third kappa shape index (κ3) is 3.74. The fourth-order valence-electron chi connectivity index (χ4n) is 1.38. The van der Waals surface area contributed by atoms with Crippen molar-refractivity contribution in [2.24, 2.45) is 0 Å². The third-order valence-corrected chi connectivity index (χ3v) is 2.50. The average molecular weight is 242 g/mol. The number of nitrogens with one attached hydrogen (secondary N) is 1. The van der Waals surface area contributed by atoms with E-state index in [0.29, 0.717) is 12.3 Å². The van der Waals surface area contributed by atoms with Gasteiger partial charge < -0.3 is 10.1 Å². The summed E-state index contributed by atoms with van der Waals surface area (Å²) < 4.78 is 5.06. The molecule has 0 saturated heterocycles. The fraction of sp³-hybridized carbons (Fsp3) is 0.417. The molecule has 0 saturated carbocycles. The van der Waals surface area contributed by atoms with E-state index in [2.05, 4.69) is 5.32 Å². The smallest absolute Gasteiger partial charge is 0.221 e. The molecule has 4 heteroatoms. The Bertz CT molecular complexity index is 337. The standard InChI is InChI=1S/C12H16ClNO2/c1-9(14-12(15)7-8-13)10-3-5-11(16-2)6-4-10/h3-6,9H,7-8H2,1-2H3,(H,14,15). The predicted molar refractivity (Wildman–Crippen MR) is 64.9 cm³/mol. The molecule has 0 aliphatic rings. The number of ether oxygens (including phenoxy) is 1. The average Bonchev–Trinajstić information content (AvgIpc) is 2.29. The molecule has 1 aromatic carbocycles. The number of alkyl halides is 1. The van der Waals surface area contributed by atoms with Crippen molar-refractivity contribution in [3.8, 4) is 5.75 Å². The van der Waals surface area contributed by atoms with Gasteiger partial charge in [0.1, 0.15) is 5.75 Å². The molecule has 1 aromatic rings. The lowest BCUT2D eigenvalue weighted by molar-refractivity contribution is -0.121. The first-order chi connectivity index (χ1) is 7.67. The van der Waals surface area contributed by atoms with Gasteiger partial charge >= 0.3 is 0 Å². The molecule has 0 fully saturated rings. The Kier molecular flexibility index (Phi) is 5.12. The third-order valence-electron chi connectivity index (χ3n) is 2.31. The highest BCUT2D eigenvalue weighted by atomic mass is 35.5. The molecule has 0 aliphatic heterocycles. The van der Waals surface area contributed by atoms with Crippen molar-refractivity contribution in [1.82, 2.24) is 5.32 Å². The van der Waals surface area contributed by atoms with Crippen LogP contribution in [0.25, 0.3) is 0 Å². The lowest BCUT2D eigenvalue weighted by Gasteiger charge is -2.14. The molecular weight excluding hydrogens is 226 g/mol. The van der Waals surface area contributed by atoms with Crippen LogP contribution < -0.4 is 10.1 Å². The summed E-state index contributed by atoms with van der Waals surface area (Å²) in [6.45, 7) is 1.94. The Hall–Kier alpha value is -1.22. The maximum Gasteiger partial charge on any atom is 0.221 e. The number of methoxy groups -OCH3 is 1. The second-order valence-corrected chi connectivity index (χ2v) is 3.88. The van der Waals surface area contributed by atoms with Crippen molar-refractivity contribution in [3.05, 3.63) is 29.8 Å². The molecule has 0 aromatic heterocycles. The largest absolute Gasteiger partial charge is 0.497 e. The van der Waals surface area contributed by atoms with Gasteiger partial charge in [-0.15, -0.1) is 11.6 Å². The first-order valence-electron chi connectivity index (χ1n) is 5.16. The summed E-state index contributed by atoms with van der Waals surface area (Å²) in [6.07, 6.45) is 0.349. The summed E-state index contributed by atoms with van der Waals surface area (Å²) in [6, 6.07) is 7.61. The Morgan fingerprint density at radius 1 is 1.44 bits per heavy atom. The molecule has 16 heavy (non-hydrogen) atoms. The van der Waals surface area contributed by atoms with Crippen molar-refractivity contribution >= 4 is 17.5 Å². The predicted octanol–water partition coefficient (Wildman–Crippen LogP) is 2.50. The van der Waals surface area contributed by atoms with Gasteiger partial charge in [-0.3, -0.25) is 4.79 Å². The number of benzene rings is 1. The zero-order valence-corrected chi connectivity index (χ0v) is 10.3. The van der Waals surface area contributed by atoms with E-state index >= 15 is 0 Å². The molecular formula is C12H16ClNO2. The minimum absolute atomic E-state index is 0.0124. The quantitative estimate of drug-likeness (QED) is 0.805. The minimum Gasteiger partial charge on any atom is -0.497 e. The molecule has 1 rings (SSSR count). The van der Waals surface area contributed by atoms with Crippen LogP contribution in [-0.4, -0.2) is 18.9 Å². The second kappa shape index (κ2) is 6.38. The van der Waals surface area contributed by atoms with Crippen LogP contribution in [0.5, 0.6) is 5.75 Å². The normalized spacial score (nSPS) is 11.9. The van der Waals surface area contributed by atoms with E-state index in [1.807, 2.05) is 31.2 Å². The van der Waals surface area contributed by atoms with Gasteiger partial charge in [-0.25, -0.2) is 0 Å². The van der Waals surface area contributed by atoms with Gasteiger partial charge in [-0.1, -0.05) is 12.1 Å². The Morgan fingerprint density at radius 3 is 2.56 bits per heavy atom. The zero-order chi connectivity index (χ0) is 12.0. The summed E-state index contributed by atoms with van der Waals surface area (Å²) in [4.78, 5) is 11.3. The van der Waals surface area contributed by atoms with Crippen LogP contribution in [0.15, 0.2) is 24.3 Å². The van der Waals surface area contributed by atoms with Crippen LogP contribution in [0.4, 0.5) is 0 Å². The van der Waals surface area contributed by atoms with Crippen molar-refractivity contribution in [2.75, 3.05) is 13.0 Å². The van der Waals surface area contributed by atoms with E-state index in [4.69, 9.17) is 16.3 Å². The maximum absolute atomic E-state index is 11.3. The van der Waals surface area contributed by atoms with Gasteiger partial charge in [0.25, 0.3) is 0 Å². The van der Waals surface area contributed by atoms with Gasteiger partial charge in [-0.2, -0.15) is 0 Å². The van der Waals surface area contributed by atoms with Gasteiger partial charge in [0.2, 0.25) is 5.91 Å². The summed E-state index contributed by atoms with van der Waals surface area (Å²) in [5.74, 6) is 1.13. The van der Waals surface area contributed by atoms with Crippen molar-refractivity contribution in [1.29, 1.82) is 0 Å².